The average Bonchev–Trinajstić information content (AvgIpc) is 2.44. The molecule has 0 saturated carbocycles. The zero-order valence-electron chi connectivity index (χ0n) is 11.7. The van der Waals surface area contributed by atoms with E-state index in [-0.39, 0.29) is 11.9 Å². The first kappa shape index (κ1) is 15.0. The Morgan fingerprint density at radius 2 is 1.90 bits per heavy atom. The summed E-state index contributed by atoms with van der Waals surface area (Å²) in [6.07, 6.45) is 0. The molecule has 1 unspecified atom stereocenters. The molecule has 1 N–H and O–H groups in total. The fourth-order valence-corrected chi connectivity index (χ4v) is 2.65. The number of hydrogen-bond donors (Lipinski definition) is 1. The molecule has 2 rings (SSSR count). The zero-order chi connectivity index (χ0) is 14.7. The summed E-state index contributed by atoms with van der Waals surface area (Å²) in [5.74, 6) is 0.513. The SMILES string of the molecule is CNC(c1cc(Br)ccc1F)c1ccc(C)cc1OC. The number of ether oxygens (including phenoxy) is 1. The minimum atomic E-state index is -0.261. The van der Waals surface area contributed by atoms with Gasteiger partial charge in [-0.05, 0) is 43.8 Å². The topological polar surface area (TPSA) is 21.3 Å². The van der Waals surface area contributed by atoms with Gasteiger partial charge < -0.3 is 10.1 Å². The third kappa shape index (κ3) is 3.02. The van der Waals surface area contributed by atoms with Crippen molar-refractivity contribution >= 4 is 15.9 Å². The molecule has 0 saturated heterocycles. The average molecular weight is 338 g/mol. The van der Waals surface area contributed by atoms with Crippen LogP contribution in [0.2, 0.25) is 0 Å². The Labute approximate surface area is 127 Å². The van der Waals surface area contributed by atoms with E-state index < -0.39 is 0 Å². The highest BCUT2D eigenvalue weighted by Gasteiger charge is 2.20. The van der Waals surface area contributed by atoms with Crippen molar-refractivity contribution in [1.29, 1.82) is 0 Å². The largest absolute Gasteiger partial charge is 0.496 e. The summed E-state index contributed by atoms with van der Waals surface area (Å²) >= 11 is 3.39. The maximum absolute atomic E-state index is 14.1. The molecule has 0 radical (unpaired) electrons. The van der Waals surface area contributed by atoms with E-state index >= 15 is 0 Å². The Hall–Kier alpha value is -1.39. The van der Waals surface area contributed by atoms with E-state index in [4.69, 9.17) is 4.74 Å². The van der Waals surface area contributed by atoms with E-state index in [2.05, 4.69) is 21.2 Å². The van der Waals surface area contributed by atoms with Gasteiger partial charge in [-0.2, -0.15) is 0 Å². The second-order valence-electron chi connectivity index (χ2n) is 4.63. The molecule has 0 aromatic heterocycles. The molecule has 0 aliphatic heterocycles. The van der Waals surface area contributed by atoms with Crippen LogP contribution in [0.1, 0.15) is 22.7 Å². The first-order chi connectivity index (χ1) is 9.56. The van der Waals surface area contributed by atoms with Crippen LogP contribution in [0.3, 0.4) is 0 Å². The van der Waals surface area contributed by atoms with Crippen molar-refractivity contribution in [3.8, 4) is 5.75 Å². The van der Waals surface area contributed by atoms with Crippen LogP contribution in [0, 0.1) is 12.7 Å². The number of nitrogens with one attached hydrogen (secondary N) is 1. The molecule has 0 aliphatic carbocycles. The molecule has 0 spiro atoms. The number of methoxy groups -OCH3 is 1. The van der Waals surface area contributed by atoms with Crippen LogP contribution in [-0.4, -0.2) is 14.2 Å². The van der Waals surface area contributed by atoms with Gasteiger partial charge in [-0.1, -0.05) is 28.1 Å². The molecule has 4 heteroatoms. The van der Waals surface area contributed by atoms with Crippen LogP contribution in [0.15, 0.2) is 40.9 Å². The van der Waals surface area contributed by atoms with Gasteiger partial charge in [0.1, 0.15) is 11.6 Å². The fourth-order valence-electron chi connectivity index (χ4n) is 2.27. The second kappa shape index (κ2) is 6.37. The number of halogens is 2. The van der Waals surface area contributed by atoms with E-state index in [1.54, 1.807) is 19.2 Å². The zero-order valence-corrected chi connectivity index (χ0v) is 13.3. The lowest BCUT2D eigenvalue weighted by Crippen LogP contribution is -2.19. The maximum atomic E-state index is 14.1. The predicted molar refractivity (Wildman–Crippen MR) is 82.7 cm³/mol. The summed E-state index contributed by atoms with van der Waals surface area (Å²) in [7, 11) is 3.44. The maximum Gasteiger partial charge on any atom is 0.128 e. The Morgan fingerprint density at radius 1 is 1.15 bits per heavy atom. The lowest BCUT2D eigenvalue weighted by atomic mass is 9.96. The van der Waals surface area contributed by atoms with Gasteiger partial charge in [0.05, 0.1) is 13.2 Å². The van der Waals surface area contributed by atoms with Gasteiger partial charge in [0.25, 0.3) is 0 Å². The van der Waals surface area contributed by atoms with Crippen LogP contribution in [0.4, 0.5) is 4.39 Å². The highest BCUT2D eigenvalue weighted by atomic mass is 79.9. The van der Waals surface area contributed by atoms with E-state index in [0.717, 1.165) is 21.3 Å². The van der Waals surface area contributed by atoms with Crippen molar-refractivity contribution in [2.45, 2.75) is 13.0 Å². The van der Waals surface area contributed by atoms with Crippen molar-refractivity contribution in [3.63, 3.8) is 0 Å². The summed E-state index contributed by atoms with van der Waals surface area (Å²) < 4.78 is 20.4. The molecule has 2 nitrogen and oxygen atoms in total. The number of aryl methyl sites for hydroxylation is 1. The van der Waals surface area contributed by atoms with Crippen molar-refractivity contribution in [1.82, 2.24) is 5.32 Å². The van der Waals surface area contributed by atoms with Crippen LogP contribution in [-0.2, 0) is 0 Å². The van der Waals surface area contributed by atoms with E-state index in [1.807, 2.05) is 32.2 Å². The number of hydrogen-bond acceptors (Lipinski definition) is 2. The van der Waals surface area contributed by atoms with Crippen molar-refractivity contribution < 1.29 is 9.13 Å². The molecular formula is C16H17BrFNO. The molecule has 0 heterocycles. The quantitative estimate of drug-likeness (QED) is 0.902. The van der Waals surface area contributed by atoms with Gasteiger partial charge in [0.2, 0.25) is 0 Å². The molecule has 106 valence electrons. The Kier molecular flexibility index (Phi) is 4.78. The normalized spacial score (nSPS) is 12.2. The Bertz CT molecular complexity index is 615. The summed E-state index contributed by atoms with van der Waals surface area (Å²) in [5, 5.41) is 3.16. The number of benzene rings is 2. The minimum absolute atomic E-state index is 0.241. The van der Waals surface area contributed by atoms with E-state index in [1.165, 1.54) is 6.07 Å². The third-order valence-corrected chi connectivity index (χ3v) is 3.75. The summed E-state index contributed by atoms with van der Waals surface area (Å²) in [6.45, 7) is 2.00. The molecule has 2 aromatic rings. The Balaban J connectivity index is 2.55. The summed E-state index contributed by atoms with van der Waals surface area (Å²) in [4.78, 5) is 0. The van der Waals surface area contributed by atoms with Crippen LogP contribution < -0.4 is 10.1 Å². The van der Waals surface area contributed by atoms with Crippen molar-refractivity contribution in [2.75, 3.05) is 14.2 Å². The van der Waals surface area contributed by atoms with Gasteiger partial charge in [-0.15, -0.1) is 0 Å². The molecule has 1 atom stereocenters. The van der Waals surface area contributed by atoms with Gasteiger partial charge in [-0.25, -0.2) is 4.39 Å². The number of rotatable bonds is 4. The van der Waals surface area contributed by atoms with Crippen LogP contribution in [0.25, 0.3) is 0 Å². The summed E-state index contributed by atoms with van der Waals surface area (Å²) in [6, 6.07) is 10.6. The molecular weight excluding hydrogens is 321 g/mol. The van der Waals surface area contributed by atoms with Crippen LogP contribution in [0.5, 0.6) is 5.75 Å². The molecule has 0 bridgehead atoms. The lowest BCUT2D eigenvalue weighted by molar-refractivity contribution is 0.404. The van der Waals surface area contributed by atoms with Gasteiger partial charge in [0, 0.05) is 15.6 Å². The highest BCUT2D eigenvalue weighted by molar-refractivity contribution is 9.10. The van der Waals surface area contributed by atoms with Crippen LogP contribution >= 0.6 is 15.9 Å². The van der Waals surface area contributed by atoms with Crippen molar-refractivity contribution in [2.24, 2.45) is 0 Å². The smallest absolute Gasteiger partial charge is 0.128 e. The highest BCUT2D eigenvalue weighted by Crippen LogP contribution is 2.33. The van der Waals surface area contributed by atoms with Gasteiger partial charge in [0.15, 0.2) is 0 Å². The first-order valence-corrected chi connectivity index (χ1v) is 7.13. The molecule has 0 amide bonds. The van der Waals surface area contributed by atoms with Gasteiger partial charge in [-0.3, -0.25) is 0 Å². The monoisotopic (exact) mass is 337 g/mol. The minimum Gasteiger partial charge on any atom is -0.496 e. The van der Waals surface area contributed by atoms with E-state index in [9.17, 15) is 4.39 Å². The molecule has 2 aromatic carbocycles. The fraction of sp³-hybridized carbons (Fsp3) is 0.250. The summed E-state index contributed by atoms with van der Waals surface area (Å²) in [5.41, 5.74) is 2.61. The lowest BCUT2D eigenvalue weighted by Gasteiger charge is -2.21. The molecule has 0 fully saturated rings. The van der Waals surface area contributed by atoms with Crippen molar-refractivity contribution in [3.05, 3.63) is 63.4 Å². The predicted octanol–water partition coefficient (Wildman–Crippen LogP) is 4.21. The third-order valence-electron chi connectivity index (χ3n) is 3.26. The molecule has 0 aliphatic rings. The Morgan fingerprint density at radius 3 is 2.55 bits per heavy atom. The first-order valence-electron chi connectivity index (χ1n) is 6.33. The molecule has 20 heavy (non-hydrogen) atoms. The van der Waals surface area contributed by atoms with E-state index in [0.29, 0.717) is 5.56 Å². The standard InChI is InChI=1S/C16H17BrFNO/c1-10-4-6-12(15(8-10)20-3)16(19-2)13-9-11(17)5-7-14(13)18/h4-9,16,19H,1-3H3. The van der Waals surface area contributed by atoms with Gasteiger partial charge >= 0.3 is 0 Å². The second-order valence-corrected chi connectivity index (χ2v) is 5.55.